The smallest absolute Gasteiger partial charge is 0.268 e. The zero-order valence-electron chi connectivity index (χ0n) is 11.7. The average Bonchev–Trinajstić information content (AvgIpc) is 3.05. The van der Waals surface area contributed by atoms with Crippen molar-refractivity contribution in [2.75, 3.05) is 18.5 Å². The largest absolute Gasteiger partial charge is 0.486 e. The minimum absolute atomic E-state index is 0.0621. The van der Waals surface area contributed by atoms with E-state index in [0.717, 1.165) is 0 Å². The Balaban J connectivity index is 1.88. The third-order valence-corrected chi connectivity index (χ3v) is 3.92. The predicted octanol–water partition coefficient (Wildman–Crippen LogP) is 3.11. The zero-order valence-corrected chi connectivity index (χ0v) is 13.3. The number of fused-ring (bicyclic) bond motifs is 1. The van der Waals surface area contributed by atoms with E-state index in [4.69, 9.17) is 21.1 Å². The molecule has 0 radical (unpaired) electrons. The van der Waals surface area contributed by atoms with Crippen LogP contribution in [0.2, 0.25) is 5.02 Å². The molecule has 0 saturated heterocycles. The molecule has 0 aliphatic carbocycles. The molecule has 3 rings (SSSR count). The number of benzene rings is 1. The van der Waals surface area contributed by atoms with Gasteiger partial charge in [-0.05, 0) is 23.8 Å². The van der Waals surface area contributed by atoms with Crippen LogP contribution in [-0.4, -0.2) is 24.1 Å². The fourth-order valence-electron chi connectivity index (χ4n) is 1.98. The van der Waals surface area contributed by atoms with Crippen molar-refractivity contribution in [2.45, 2.75) is 0 Å². The molecule has 1 amide bonds. The Hall–Kier alpha value is -2.56. The van der Waals surface area contributed by atoms with Crippen LogP contribution >= 0.6 is 22.9 Å². The van der Waals surface area contributed by atoms with Crippen LogP contribution < -0.4 is 14.8 Å². The number of rotatable bonds is 3. The lowest BCUT2D eigenvalue weighted by molar-refractivity contribution is -0.112. The van der Waals surface area contributed by atoms with Crippen LogP contribution in [0.5, 0.6) is 11.5 Å². The summed E-state index contributed by atoms with van der Waals surface area (Å²) in [7, 11) is 0. The van der Waals surface area contributed by atoms with E-state index in [-0.39, 0.29) is 5.57 Å². The number of hydrogen-bond acceptors (Lipinski definition) is 6. The Morgan fingerprint density at radius 3 is 3.00 bits per heavy atom. The maximum absolute atomic E-state index is 12.1. The summed E-state index contributed by atoms with van der Waals surface area (Å²) in [5.41, 5.74) is 0.512. The molecule has 1 N–H and O–H groups in total. The standard InChI is InChI=1S/C15H10ClN3O3S/c16-11-6-9(7-12-13(11)22-3-2-21-12)5-10(8-17)14(20)19-15-18-1-4-23-15/h1,4-7H,2-3H2,(H,18,19,20)/b10-5+. The second-order valence-electron chi connectivity index (χ2n) is 4.49. The van der Waals surface area contributed by atoms with Gasteiger partial charge in [-0.1, -0.05) is 11.6 Å². The van der Waals surface area contributed by atoms with Crippen molar-refractivity contribution in [3.05, 3.63) is 39.9 Å². The quantitative estimate of drug-likeness (QED) is 0.681. The van der Waals surface area contributed by atoms with E-state index in [0.29, 0.717) is 40.4 Å². The van der Waals surface area contributed by atoms with Gasteiger partial charge in [0, 0.05) is 11.6 Å². The summed E-state index contributed by atoms with van der Waals surface area (Å²) in [5, 5.41) is 14.3. The molecule has 23 heavy (non-hydrogen) atoms. The number of anilines is 1. The first-order valence-corrected chi connectivity index (χ1v) is 7.85. The molecule has 0 saturated carbocycles. The number of ether oxygens (including phenoxy) is 2. The predicted molar refractivity (Wildman–Crippen MR) is 86.8 cm³/mol. The van der Waals surface area contributed by atoms with Crippen molar-refractivity contribution < 1.29 is 14.3 Å². The Morgan fingerprint density at radius 1 is 1.43 bits per heavy atom. The summed E-state index contributed by atoms with van der Waals surface area (Å²) in [5.74, 6) is 0.432. The molecule has 1 aromatic carbocycles. The lowest BCUT2D eigenvalue weighted by Crippen LogP contribution is -2.16. The highest BCUT2D eigenvalue weighted by molar-refractivity contribution is 7.13. The summed E-state index contributed by atoms with van der Waals surface area (Å²) < 4.78 is 10.9. The summed E-state index contributed by atoms with van der Waals surface area (Å²) in [6.45, 7) is 0.855. The maximum atomic E-state index is 12.1. The van der Waals surface area contributed by atoms with Gasteiger partial charge in [0.05, 0.1) is 5.02 Å². The van der Waals surface area contributed by atoms with Gasteiger partial charge in [-0.3, -0.25) is 10.1 Å². The molecule has 8 heteroatoms. The number of nitriles is 1. The first kappa shape index (κ1) is 15.3. The Kier molecular flexibility index (Phi) is 4.46. The second-order valence-corrected chi connectivity index (χ2v) is 5.79. The van der Waals surface area contributed by atoms with Gasteiger partial charge in [-0.15, -0.1) is 11.3 Å². The van der Waals surface area contributed by atoms with E-state index in [2.05, 4.69) is 10.3 Å². The van der Waals surface area contributed by atoms with Crippen LogP contribution in [-0.2, 0) is 4.79 Å². The number of hydrogen-bond donors (Lipinski definition) is 1. The summed E-state index contributed by atoms with van der Waals surface area (Å²) in [4.78, 5) is 16.0. The first-order chi connectivity index (χ1) is 11.2. The molecule has 0 fully saturated rings. The van der Waals surface area contributed by atoms with Crippen molar-refractivity contribution >= 4 is 40.1 Å². The fourth-order valence-corrected chi connectivity index (χ4v) is 2.78. The Labute approximate surface area is 140 Å². The molecule has 0 spiro atoms. The van der Waals surface area contributed by atoms with Gasteiger partial charge in [-0.2, -0.15) is 5.26 Å². The summed E-state index contributed by atoms with van der Waals surface area (Å²) in [6, 6.07) is 5.16. The number of amides is 1. The fraction of sp³-hybridized carbons (Fsp3) is 0.133. The molecular weight excluding hydrogens is 338 g/mol. The van der Waals surface area contributed by atoms with Crippen LogP contribution in [0.15, 0.2) is 29.3 Å². The van der Waals surface area contributed by atoms with Crippen molar-refractivity contribution in [3.8, 4) is 17.6 Å². The van der Waals surface area contributed by atoms with Crippen molar-refractivity contribution in [1.29, 1.82) is 5.26 Å². The summed E-state index contributed by atoms with van der Waals surface area (Å²) >= 11 is 7.41. The van der Waals surface area contributed by atoms with E-state index in [1.807, 2.05) is 6.07 Å². The van der Waals surface area contributed by atoms with E-state index in [9.17, 15) is 10.1 Å². The molecule has 0 bridgehead atoms. The highest BCUT2D eigenvalue weighted by Gasteiger charge is 2.17. The molecule has 0 atom stereocenters. The number of carbonyl (C=O) groups is 1. The van der Waals surface area contributed by atoms with Crippen LogP contribution in [0, 0.1) is 11.3 Å². The Bertz CT molecular complexity index is 812. The van der Waals surface area contributed by atoms with Gasteiger partial charge in [-0.25, -0.2) is 4.98 Å². The third-order valence-electron chi connectivity index (χ3n) is 2.95. The van der Waals surface area contributed by atoms with Crippen molar-refractivity contribution in [1.82, 2.24) is 4.98 Å². The van der Waals surface area contributed by atoms with E-state index in [1.54, 1.807) is 23.7 Å². The number of thiazole rings is 1. The van der Waals surface area contributed by atoms with E-state index < -0.39 is 5.91 Å². The SMILES string of the molecule is N#C/C(=C\c1cc(Cl)c2c(c1)OCCO2)C(=O)Nc1nccs1. The molecule has 6 nitrogen and oxygen atoms in total. The topological polar surface area (TPSA) is 84.2 Å². The van der Waals surface area contributed by atoms with Crippen molar-refractivity contribution in [3.63, 3.8) is 0 Å². The van der Waals surface area contributed by atoms with Gasteiger partial charge in [0.15, 0.2) is 16.6 Å². The minimum Gasteiger partial charge on any atom is -0.486 e. The van der Waals surface area contributed by atoms with Crippen LogP contribution in [0.3, 0.4) is 0 Å². The number of halogens is 1. The molecule has 2 aromatic rings. The second kappa shape index (κ2) is 6.69. The van der Waals surface area contributed by atoms with Gasteiger partial charge < -0.3 is 9.47 Å². The number of nitrogens with zero attached hydrogens (tertiary/aromatic N) is 2. The van der Waals surface area contributed by atoms with Gasteiger partial charge in [0.2, 0.25) is 0 Å². The molecule has 1 aliphatic heterocycles. The van der Waals surface area contributed by atoms with Gasteiger partial charge >= 0.3 is 0 Å². The first-order valence-electron chi connectivity index (χ1n) is 6.59. The highest BCUT2D eigenvalue weighted by atomic mass is 35.5. The van der Waals surface area contributed by atoms with Crippen molar-refractivity contribution in [2.24, 2.45) is 0 Å². The van der Waals surface area contributed by atoms with Crippen LogP contribution in [0.25, 0.3) is 6.08 Å². The number of aromatic nitrogens is 1. The minimum atomic E-state index is -0.534. The normalized spacial score (nSPS) is 13.3. The average molecular weight is 348 g/mol. The Morgan fingerprint density at radius 2 is 2.26 bits per heavy atom. The molecule has 0 unspecified atom stereocenters. The number of nitrogens with one attached hydrogen (secondary N) is 1. The third kappa shape index (κ3) is 3.44. The molecule has 1 aliphatic rings. The molecule has 116 valence electrons. The van der Waals surface area contributed by atoms with Gasteiger partial charge in [0.25, 0.3) is 5.91 Å². The monoisotopic (exact) mass is 347 g/mol. The van der Waals surface area contributed by atoms with Crippen LogP contribution in [0.4, 0.5) is 5.13 Å². The lowest BCUT2D eigenvalue weighted by Gasteiger charge is -2.19. The highest BCUT2D eigenvalue weighted by Crippen LogP contribution is 2.38. The van der Waals surface area contributed by atoms with E-state index >= 15 is 0 Å². The van der Waals surface area contributed by atoms with Crippen LogP contribution in [0.1, 0.15) is 5.56 Å². The lowest BCUT2D eigenvalue weighted by atomic mass is 10.1. The van der Waals surface area contributed by atoms with E-state index in [1.165, 1.54) is 17.4 Å². The summed E-state index contributed by atoms with van der Waals surface area (Å²) in [6.07, 6.45) is 3.00. The molecule has 1 aromatic heterocycles. The molecular formula is C15H10ClN3O3S. The molecule has 2 heterocycles. The zero-order chi connectivity index (χ0) is 16.2. The van der Waals surface area contributed by atoms with Gasteiger partial charge in [0.1, 0.15) is 24.9 Å². The number of carbonyl (C=O) groups excluding carboxylic acids is 1. The maximum Gasteiger partial charge on any atom is 0.268 e.